The number of ether oxygens (including phenoxy) is 7. The van der Waals surface area contributed by atoms with Crippen LogP contribution in [0.3, 0.4) is 0 Å². The number of cyclic esters (lactones) is 1. The molecule has 7 rings (SSSR count). The van der Waals surface area contributed by atoms with Crippen LogP contribution in [-0.4, -0.2) is 120 Å². The number of aliphatic hydroxyl groups excluding tert-OH is 1. The van der Waals surface area contributed by atoms with Gasteiger partial charge in [-0.1, -0.05) is 64.1 Å². The van der Waals surface area contributed by atoms with Crippen molar-refractivity contribution in [2.45, 2.75) is 147 Å². The highest BCUT2D eigenvalue weighted by atomic mass is 16.8. The van der Waals surface area contributed by atoms with Crippen LogP contribution >= 0.6 is 0 Å². The van der Waals surface area contributed by atoms with Gasteiger partial charge in [-0.05, 0) is 89.6 Å². The van der Waals surface area contributed by atoms with Crippen LogP contribution in [0.1, 0.15) is 91.7 Å². The Balaban J connectivity index is 1.21. The third kappa shape index (κ3) is 7.96. The summed E-state index contributed by atoms with van der Waals surface area (Å²) in [5.74, 6) is -3.75. The summed E-state index contributed by atoms with van der Waals surface area (Å²) in [6.07, 6.45) is -1.64. The van der Waals surface area contributed by atoms with Gasteiger partial charge in [0.1, 0.15) is 29.5 Å². The van der Waals surface area contributed by atoms with Crippen LogP contribution < -0.4 is 9.47 Å². The molecule has 0 radical (unpaired) electrons. The molecular weight excluding hydrogens is 785 g/mol. The number of ketones is 2. The van der Waals surface area contributed by atoms with E-state index in [1.807, 2.05) is 76.0 Å². The summed E-state index contributed by atoms with van der Waals surface area (Å²) in [7, 11) is 3.44. The second kappa shape index (κ2) is 17.6. The molecule has 5 aliphatic rings. The average Bonchev–Trinajstić information content (AvgIpc) is 3.93. The number of aryl methyl sites for hydroxylation is 1. The molecule has 2 aromatic carbocycles. The molecule has 14 heteroatoms. The molecule has 1 amide bonds. The molecule has 2 unspecified atom stereocenters. The molecule has 1 spiro atoms. The molecule has 0 aliphatic carbocycles. The standard InChI is InChI=1S/C47H64N2O12/c1-10-36-46(7)41(49(44(54)61-46)21-15-14-18-31-16-12-11-13-17-31)28(3)38(50)27(2)24-45(6,55-9)47(30(5)39(51)29(4)42(53)58-36)37-23-33(40(52)43(59-37)60-47)48(8)25-32-19-20-34-35(22-32)57-26-56-34/h11-13,16-17,19-20,22,27-30,33,36-37,40-41,43,52H,10,14-15,18,21,23-26H2,1-9H3/t27-,28+,29-,30+,33+,36?,37?,40-,41-,43+,45-,46-,47+/m1/s1. The van der Waals surface area contributed by atoms with Crippen molar-refractivity contribution < 1.29 is 57.4 Å². The Kier molecular flexibility index (Phi) is 13.0. The Morgan fingerprint density at radius 1 is 0.934 bits per heavy atom. The highest BCUT2D eigenvalue weighted by molar-refractivity contribution is 6.00. The second-order valence-electron chi connectivity index (χ2n) is 18.3. The minimum atomic E-state index is -1.55. The number of Topliss-reactive ketones (excluding diaryl/α,β-unsaturated/α-hetero) is 2. The topological polar surface area (TPSA) is 160 Å². The Morgan fingerprint density at radius 2 is 1.66 bits per heavy atom. The first-order valence-electron chi connectivity index (χ1n) is 22.0. The maximum atomic E-state index is 14.9. The highest BCUT2D eigenvalue weighted by Gasteiger charge is 2.70. The average molecular weight is 849 g/mol. The number of carbonyl (C=O) groups is 4. The molecular formula is C47H64N2O12. The Bertz CT molecular complexity index is 1950. The zero-order valence-electron chi connectivity index (χ0n) is 37.1. The van der Waals surface area contributed by atoms with E-state index < -0.39 is 95.0 Å². The number of benzene rings is 2. The van der Waals surface area contributed by atoms with Gasteiger partial charge in [-0.25, -0.2) is 4.79 Å². The van der Waals surface area contributed by atoms with E-state index in [4.69, 9.17) is 33.2 Å². The molecule has 2 aromatic rings. The third-order valence-electron chi connectivity index (χ3n) is 14.6. The van der Waals surface area contributed by atoms with Crippen LogP contribution in [0, 0.1) is 23.7 Å². The molecule has 14 nitrogen and oxygen atoms in total. The van der Waals surface area contributed by atoms with Crippen molar-refractivity contribution in [3.05, 3.63) is 59.7 Å². The Morgan fingerprint density at radius 3 is 2.36 bits per heavy atom. The van der Waals surface area contributed by atoms with Crippen molar-refractivity contribution in [1.82, 2.24) is 9.80 Å². The number of carbonyl (C=O) groups excluding carboxylic acids is 4. The maximum Gasteiger partial charge on any atom is 0.410 e. The molecule has 5 heterocycles. The van der Waals surface area contributed by atoms with Gasteiger partial charge in [0.05, 0.1) is 23.7 Å². The molecule has 13 atom stereocenters. The van der Waals surface area contributed by atoms with Gasteiger partial charge in [0.25, 0.3) is 0 Å². The number of amides is 1. The first-order chi connectivity index (χ1) is 29.0. The number of hydrogen-bond donors (Lipinski definition) is 1. The Hall–Kier alpha value is -4.08. The van der Waals surface area contributed by atoms with E-state index >= 15 is 0 Å². The van der Waals surface area contributed by atoms with Gasteiger partial charge >= 0.3 is 12.1 Å². The third-order valence-corrected chi connectivity index (χ3v) is 14.6. The molecule has 1 N–H and O–H groups in total. The zero-order valence-corrected chi connectivity index (χ0v) is 37.1. The van der Waals surface area contributed by atoms with E-state index in [-0.39, 0.29) is 31.8 Å². The van der Waals surface area contributed by atoms with Crippen molar-refractivity contribution in [2.75, 3.05) is 27.5 Å². The smallest absolute Gasteiger partial charge is 0.410 e. The van der Waals surface area contributed by atoms with E-state index in [1.54, 1.807) is 18.7 Å². The molecule has 5 aliphatic heterocycles. The number of likely N-dealkylation sites (N-methyl/N-ethyl adjacent to an activating group) is 1. The van der Waals surface area contributed by atoms with Gasteiger partial charge in [0, 0.05) is 38.1 Å². The molecule has 4 saturated heterocycles. The number of aliphatic hydroxyl groups is 1. The van der Waals surface area contributed by atoms with Gasteiger partial charge in [0.15, 0.2) is 29.2 Å². The monoisotopic (exact) mass is 848 g/mol. The summed E-state index contributed by atoms with van der Waals surface area (Å²) in [6, 6.07) is 14.6. The number of rotatable bonds is 10. The fourth-order valence-corrected chi connectivity index (χ4v) is 11.2. The van der Waals surface area contributed by atoms with Crippen LogP contribution in [-0.2, 0) is 51.0 Å². The predicted molar refractivity (Wildman–Crippen MR) is 223 cm³/mol. The number of hydrogen-bond acceptors (Lipinski definition) is 13. The summed E-state index contributed by atoms with van der Waals surface area (Å²) in [6.45, 7) is 13.2. The summed E-state index contributed by atoms with van der Waals surface area (Å²) in [5.41, 5.74) is -2.15. The van der Waals surface area contributed by atoms with E-state index in [9.17, 15) is 24.3 Å². The fraction of sp³-hybridized carbons (Fsp3) is 0.660. The summed E-state index contributed by atoms with van der Waals surface area (Å²) in [4.78, 5) is 61.5. The lowest BCUT2D eigenvalue weighted by molar-refractivity contribution is -0.229. The van der Waals surface area contributed by atoms with Crippen molar-refractivity contribution in [3.8, 4) is 11.5 Å². The van der Waals surface area contributed by atoms with Crippen LogP contribution in [0.25, 0.3) is 0 Å². The van der Waals surface area contributed by atoms with Gasteiger partial charge < -0.3 is 43.2 Å². The number of methoxy groups -OCH3 is 1. The number of unbranched alkanes of at least 4 members (excludes halogenated alkanes) is 1. The van der Waals surface area contributed by atoms with E-state index in [0.717, 1.165) is 18.4 Å². The maximum absolute atomic E-state index is 14.9. The molecule has 61 heavy (non-hydrogen) atoms. The minimum Gasteiger partial charge on any atom is -0.458 e. The fourth-order valence-electron chi connectivity index (χ4n) is 11.2. The minimum absolute atomic E-state index is 0.107. The summed E-state index contributed by atoms with van der Waals surface area (Å²) >= 11 is 0. The normalized spacial score (nSPS) is 37.8. The van der Waals surface area contributed by atoms with Gasteiger partial charge in [-0.15, -0.1) is 0 Å². The zero-order chi connectivity index (χ0) is 44.0. The second-order valence-corrected chi connectivity index (χ2v) is 18.3. The van der Waals surface area contributed by atoms with Crippen molar-refractivity contribution in [3.63, 3.8) is 0 Å². The molecule has 2 bridgehead atoms. The van der Waals surface area contributed by atoms with Gasteiger partial charge in [0.2, 0.25) is 6.79 Å². The van der Waals surface area contributed by atoms with Crippen molar-refractivity contribution >= 4 is 23.6 Å². The molecule has 334 valence electrons. The van der Waals surface area contributed by atoms with E-state index in [1.165, 1.54) is 19.6 Å². The highest BCUT2D eigenvalue weighted by Crippen LogP contribution is 2.54. The van der Waals surface area contributed by atoms with Crippen LogP contribution in [0.2, 0.25) is 0 Å². The number of esters is 1. The summed E-state index contributed by atoms with van der Waals surface area (Å²) < 4.78 is 43.3. The SMILES string of the molecule is CCC1OC(=O)[C@H](C)C(=O)[C@H](C)[C@@]2(O[C@@H]3OC2C[C@H](N(C)Cc2ccc4c(c2)OCO4)[C@H]3O)[C@](C)(OC)C[C@@H](C)C(=O)[C@H](C)[C@H]2N(CCCCc3ccccc3)C(=O)O[C@]12C. The first kappa shape index (κ1) is 45.0. The lowest BCUT2D eigenvalue weighted by Gasteiger charge is -2.51. The van der Waals surface area contributed by atoms with Crippen LogP contribution in [0.4, 0.5) is 4.79 Å². The summed E-state index contributed by atoms with van der Waals surface area (Å²) in [5, 5.41) is 11.9. The number of fused-ring (bicyclic) bond motifs is 5. The number of nitrogens with zero attached hydrogens (tertiary/aromatic N) is 2. The van der Waals surface area contributed by atoms with E-state index in [0.29, 0.717) is 31.0 Å². The quantitative estimate of drug-likeness (QED) is 0.172. The van der Waals surface area contributed by atoms with Crippen molar-refractivity contribution in [2.24, 2.45) is 23.7 Å². The predicted octanol–water partition coefficient (Wildman–Crippen LogP) is 5.88. The van der Waals surface area contributed by atoms with Crippen molar-refractivity contribution in [1.29, 1.82) is 0 Å². The lowest BCUT2D eigenvalue weighted by Crippen LogP contribution is -2.66. The lowest BCUT2D eigenvalue weighted by atomic mass is 9.64. The Labute approximate surface area is 359 Å². The van der Waals surface area contributed by atoms with E-state index in [2.05, 4.69) is 12.1 Å². The molecule has 4 fully saturated rings. The first-order valence-corrected chi connectivity index (χ1v) is 22.0. The van der Waals surface area contributed by atoms with Crippen LogP contribution in [0.15, 0.2) is 48.5 Å². The molecule has 0 aromatic heterocycles. The largest absolute Gasteiger partial charge is 0.458 e. The van der Waals surface area contributed by atoms with Crippen LogP contribution in [0.5, 0.6) is 11.5 Å². The van der Waals surface area contributed by atoms with Gasteiger partial charge in [-0.2, -0.15) is 0 Å². The molecule has 0 saturated carbocycles. The van der Waals surface area contributed by atoms with Gasteiger partial charge in [-0.3, -0.25) is 19.3 Å².